The first-order valence-corrected chi connectivity index (χ1v) is 6.42. The number of para-hydroxylation sites is 1. The predicted molar refractivity (Wildman–Crippen MR) is 81.5 cm³/mol. The first-order valence-electron chi connectivity index (χ1n) is 6.42. The zero-order valence-electron chi connectivity index (χ0n) is 11.1. The van der Waals surface area contributed by atoms with E-state index in [-0.39, 0.29) is 11.7 Å². The summed E-state index contributed by atoms with van der Waals surface area (Å²) in [5, 5.41) is 14.2. The van der Waals surface area contributed by atoms with Gasteiger partial charge in [0.25, 0.3) is 5.91 Å². The summed E-state index contributed by atoms with van der Waals surface area (Å²) >= 11 is 0. The Labute approximate surface area is 120 Å². The van der Waals surface area contributed by atoms with Crippen molar-refractivity contribution in [2.75, 3.05) is 0 Å². The average molecular weight is 279 g/mol. The number of H-pyrrole nitrogens is 1. The molecule has 0 fully saturated rings. The second kappa shape index (κ2) is 5.50. The molecule has 0 aliphatic rings. The Morgan fingerprint density at radius 3 is 2.71 bits per heavy atom. The number of nitrogens with one attached hydrogen (secondary N) is 2. The highest BCUT2D eigenvalue weighted by atomic mass is 16.3. The van der Waals surface area contributed by atoms with Gasteiger partial charge in [-0.3, -0.25) is 4.79 Å². The number of rotatable bonds is 3. The number of amides is 1. The number of carbonyl (C=O) groups excluding carboxylic acids is 1. The molecule has 0 radical (unpaired) electrons. The van der Waals surface area contributed by atoms with Crippen LogP contribution in [-0.2, 0) is 0 Å². The summed E-state index contributed by atoms with van der Waals surface area (Å²) in [4.78, 5) is 15.0. The molecule has 0 spiro atoms. The van der Waals surface area contributed by atoms with E-state index < -0.39 is 0 Å². The van der Waals surface area contributed by atoms with Crippen LogP contribution in [0.3, 0.4) is 0 Å². The molecular formula is C16H13N3O2. The van der Waals surface area contributed by atoms with Gasteiger partial charge in [-0.1, -0.05) is 18.2 Å². The molecule has 0 aliphatic heterocycles. The van der Waals surface area contributed by atoms with Gasteiger partial charge >= 0.3 is 0 Å². The molecule has 0 saturated carbocycles. The van der Waals surface area contributed by atoms with E-state index in [1.807, 2.05) is 30.5 Å². The summed E-state index contributed by atoms with van der Waals surface area (Å²) in [7, 11) is 0. The molecule has 21 heavy (non-hydrogen) atoms. The van der Waals surface area contributed by atoms with Crippen LogP contribution in [0, 0.1) is 0 Å². The molecule has 2 aromatic carbocycles. The predicted octanol–water partition coefficient (Wildman–Crippen LogP) is 2.64. The summed E-state index contributed by atoms with van der Waals surface area (Å²) in [6.07, 6.45) is 3.43. The molecule has 0 unspecified atom stereocenters. The molecule has 0 bridgehead atoms. The monoisotopic (exact) mass is 279 g/mol. The van der Waals surface area contributed by atoms with Crippen LogP contribution in [0.4, 0.5) is 0 Å². The van der Waals surface area contributed by atoms with Gasteiger partial charge in [0.1, 0.15) is 5.75 Å². The van der Waals surface area contributed by atoms with Crippen molar-refractivity contribution in [1.29, 1.82) is 0 Å². The minimum atomic E-state index is -0.328. The molecule has 3 aromatic rings. The van der Waals surface area contributed by atoms with Crippen LogP contribution in [0.2, 0.25) is 0 Å². The minimum Gasteiger partial charge on any atom is -0.508 e. The van der Waals surface area contributed by atoms with Gasteiger partial charge in [-0.2, -0.15) is 5.10 Å². The smallest absolute Gasteiger partial charge is 0.271 e. The Morgan fingerprint density at radius 1 is 1.14 bits per heavy atom. The number of fused-ring (bicyclic) bond motifs is 1. The van der Waals surface area contributed by atoms with Gasteiger partial charge < -0.3 is 10.1 Å². The topological polar surface area (TPSA) is 77.5 Å². The molecule has 5 heteroatoms. The van der Waals surface area contributed by atoms with Crippen LogP contribution in [0.5, 0.6) is 5.75 Å². The molecule has 0 atom stereocenters. The molecule has 1 amide bonds. The third-order valence-electron chi connectivity index (χ3n) is 3.12. The first-order chi connectivity index (χ1) is 10.2. The summed E-state index contributed by atoms with van der Waals surface area (Å²) in [6, 6.07) is 13.8. The zero-order chi connectivity index (χ0) is 14.7. The molecule has 0 aliphatic carbocycles. The van der Waals surface area contributed by atoms with E-state index >= 15 is 0 Å². The zero-order valence-corrected chi connectivity index (χ0v) is 11.1. The van der Waals surface area contributed by atoms with Gasteiger partial charge in [0, 0.05) is 28.2 Å². The molecule has 0 saturated heterocycles. The van der Waals surface area contributed by atoms with E-state index in [2.05, 4.69) is 15.5 Å². The van der Waals surface area contributed by atoms with Gasteiger partial charge in [-0.05, 0) is 30.3 Å². The van der Waals surface area contributed by atoms with Crippen molar-refractivity contribution in [3.63, 3.8) is 0 Å². The SMILES string of the molecule is O=C(N/N=C/c1c[nH]c2ccccc12)c1ccc(O)cc1. The van der Waals surface area contributed by atoms with Crippen LogP contribution in [-0.4, -0.2) is 22.2 Å². The van der Waals surface area contributed by atoms with Crippen LogP contribution in [0.25, 0.3) is 10.9 Å². The number of benzene rings is 2. The maximum absolute atomic E-state index is 11.8. The van der Waals surface area contributed by atoms with Crippen molar-refractivity contribution < 1.29 is 9.90 Å². The summed E-state index contributed by atoms with van der Waals surface area (Å²) in [6.45, 7) is 0. The molecule has 1 aromatic heterocycles. The Balaban J connectivity index is 1.72. The van der Waals surface area contributed by atoms with Gasteiger partial charge in [-0.25, -0.2) is 5.43 Å². The second-order valence-electron chi connectivity index (χ2n) is 4.54. The number of phenolic OH excluding ortho intramolecular Hbond substituents is 1. The quantitative estimate of drug-likeness (QED) is 0.509. The number of hydrogen-bond donors (Lipinski definition) is 3. The number of phenols is 1. The van der Waals surface area contributed by atoms with Crippen molar-refractivity contribution in [2.24, 2.45) is 5.10 Å². The van der Waals surface area contributed by atoms with E-state index in [9.17, 15) is 9.90 Å². The van der Waals surface area contributed by atoms with Crippen molar-refractivity contribution in [1.82, 2.24) is 10.4 Å². The summed E-state index contributed by atoms with van der Waals surface area (Å²) < 4.78 is 0. The van der Waals surface area contributed by atoms with E-state index in [1.54, 1.807) is 6.21 Å². The van der Waals surface area contributed by atoms with Crippen molar-refractivity contribution in [3.8, 4) is 5.75 Å². The average Bonchev–Trinajstić information content (AvgIpc) is 2.91. The van der Waals surface area contributed by atoms with Gasteiger partial charge in [-0.15, -0.1) is 0 Å². The lowest BCUT2D eigenvalue weighted by Gasteiger charge is -1.99. The lowest BCUT2D eigenvalue weighted by atomic mass is 10.2. The molecule has 3 rings (SSSR count). The van der Waals surface area contributed by atoms with Crippen LogP contribution in [0.15, 0.2) is 59.8 Å². The second-order valence-corrected chi connectivity index (χ2v) is 4.54. The third kappa shape index (κ3) is 2.76. The Bertz CT molecular complexity index is 804. The fourth-order valence-corrected chi connectivity index (χ4v) is 2.04. The lowest BCUT2D eigenvalue weighted by molar-refractivity contribution is 0.0955. The highest BCUT2D eigenvalue weighted by molar-refractivity contribution is 6.00. The maximum atomic E-state index is 11.8. The highest BCUT2D eigenvalue weighted by Gasteiger charge is 2.04. The van der Waals surface area contributed by atoms with Crippen LogP contribution >= 0.6 is 0 Å². The number of aromatic nitrogens is 1. The van der Waals surface area contributed by atoms with E-state index in [1.165, 1.54) is 24.3 Å². The number of aromatic hydroxyl groups is 1. The number of nitrogens with zero attached hydrogens (tertiary/aromatic N) is 1. The van der Waals surface area contributed by atoms with E-state index in [0.29, 0.717) is 5.56 Å². The minimum absolute atomic E-state index is 0.119. The Morgan fingerprint density at radius 2 is 1.90 bits per heavy atom. The van der Waals surface area contributed by atoms with Crippen molar-refractivity contribution in [3.05, 3.63) is 65.9 Å². The standard InChI is InChI=1S/C16H13N3O2/c20-13-7-5-11(6-8-13)16(21)19-18-10-12-9-17-15-4-2-1-3-14(12)15/h1-10,17,20H,(H,19,21)/b18-10+. The van der Waals surface area contributed by atoms with Gasteiger partial charge in [0.15, 0.2) is 0 Å². The highest BCUT2D eigenvalue weighted by Crippen LogP contribution is 2.15. The van der Waals surface area contributed by atoms with Gasteiger partial charge in [0.05, 0.1) is 6.21 Å². The Hall–Kier alpha value is -3.08. The summed E-state index contributed by atoms with van der Waals surface area (Å²) in [5.74, 6) is -0.208. The van der Waals surface area contributed by atoms with E-state index in [4.69, 9.17) is 0 Å². The molecule has 5 nitrogen and oxygen atoms in total. The number of carbonyl (C=O) groups is 1. The van der Waals surface area contributed by atoms with E-state index in [0.717, 1.165) is 16.5 Å². The Kier molecular flexibility index (Phi) is 3.39. The summed E-state index contributed by atoms with van der Waals surface area (Å²) in [5.41, 5.74) is 4.81. The normalized spacial score (nSPS) is 11.0. The molecule has 1 heterocycles. The molecule has 104 valence electrons. The van der Waals surface area contributed by atoms with Crippen LogP contribution in [0.1, 0.15) is 15.9 Å². The number of hydrogen-bond acceptors (Lipinski definition) is 3. The van der Waals surface area contributed by atoms with Crippen molar-refractivity contribution >= 4 is 23.0 Å². The van der Waals surface area contributed by atoms with Gasteiger partial charge in [0.2, 0.25) is 0 Å². The first kappa shape index (κ1) is 12.9. The third-order valence-corrected chi connectivity index (χ3v) is 3.12. The van der Waals surface area contributed by atoms with Crippen LogP contribution < -0.4 is 5.43 Å². The fraction of sp³-hybridized carbons (Fsp3) is 0. The lowest BCUT2D eigenvalue weighted by Crippen LogP contribution is -2.17. The maximum Gasteiger partial charge on any atom is 0.271 e. The number of aromatic amines is 1. The fourth-order valence-electron chi connectivity index (χ4n) is 2.04. The van der Waals surface area contributed by atoms with Crippen molar-refractivity contribution in [2.45, 2.75) is 0 Å². The molecular weight excluding hydrogens is 266 g/mol. The largest absolute Gasteiger partial charge is 0.508 e. The number of hydrazone groups is 1. The molecule has 3 N–H and O–H groups in total.